The fourth-order valence-corrected chi connectivity index (χ4v) is 2.02. The van der Waals surface area contributed by atoms with Crippen LogP contribution in [-0.2, 0) is 4.74 Å². The summed E-state index contributed by atoms with van der Waals surface area (Å²) < 4.78 is 5.27. The molecule has 1 aliphatic rings. The molecule has 1 aromatic rings. The van der Waals surface area contributed by atoms with E-state index in [4.69, 9.17) is 4.74 Å². The zero-order valence-electron chi connectivity index (χ0n) is 10.8. The normalized spacial score (nSPS) is 15.5. The van der Waals surface area contributed by atoms with Crippen LogP contribution in [0.2, 0.25) is 0 Å². The fourth-order valence-electron chi connectivity index (χ4n) is 2.02. The summed E-state index contributed by atoms with van der Waals surface area (Å²) in [5.74, 6) is 0.0949. The van der Waals surface area contributed by atoms with Gasteiger partial charge in [0, 0.05) is 25.3 Å². The Morgan fingerprint density at radius 3 is 2.78 bits per heavy atom. The van der Waals surface area contributed by atoms with Gasteiger partial charge in [0.05, 0.1) is 18.8 Å². The van der Waals surface area contributed by atoms with E-state index in [0.29, 0.717) is 26.3 Å². The third kappa shape index (κ3) is 3.01. The molecule has 0 aliphatic carbocycles. The number of ether oxygens (including phenoxy) is 1. The molecule has 2 rings (SSSR count). The minimum absolute atomic E-state index is 0.0949. The Bertz CT molecular complexity index is 401. The van der Waals surface area contributed by atoms with Gasteiger partial charge in [-0.2, -0.15) is 0 Å². The summed E-state index contributed by atoms with van der Waals surface area (Å²) in [5, 5.41) is 3.30. The first-order chi connectivity index (χ1) is 8.83. The molecule has 0 radical (unpaired) electrons. The average molecular weight is 248 g/mol. The molecule has 1 N–H and O–H groups in total. The van der Waals surface area contributed by atoms with Crippen molar-refractivity contribution < 1.29 is 9.53 Å². The zero-order valence-corrected chi connectivity index (χ0v) is 10.8. The quantitative estimate of drug-likeness (QED) is 0.886. The minimum Gasteiger partial charge on any atom is -0.384 e. The van der Waals surface area contributed by atoms with Crippen LogP contribution in [0.3, 0.4) is 0 Å². The molecule has 98 valence electrons. The van der Waals surface area contributed by atoms with Crippen LogP contribution in [0.25, 0.3) is 0 Å². The van der Waals surface area contributed by atoms with Gasteiger partial charge in [0.1, 0.15) is 0 Å². The lowest BCUT2D eigenvalue weighted by atomic mass is 10.1. The van der Waals surface area contributed by atoms with Crippen LogP contribution in [0.15, 0.2) is 24.3 Å². The Kier molecular flexibility index (Phi) is 4.59. The SMILES string of the molecule is CCCNc1ccccc1C(=O)N1CCOCC1. The highest BCUT2D eigenvalue weighted by Gasteiger charge is 2.20. The Labute approximate surface area is 108 Å². The maximum Gasteiger partial charge on any atom is 0.256 e. The molecular weight excluding hydrogens is 228 g/mol. The number of amides is 1. The number of carbonyl (C=O) groups is 1. The van der Waals surface area contributed by atoms with Gasteiger partial charge in [-0.1, -0.05) is 19.1 Å². The molecule has 1 aliphatic heterocycles. The fraction of sp³-hybridized carbons (Fsp3) is 0.500. The van der Waals surface area contributed by atoms with Crippen molar-refractivity contribution >= 4 is 11.6 Å². The molecule has 0 saturated carbocycles. The Balaban J connectivity index is 2.12. The van der Waals surface area contributed by atoms with Gasteiger partial charge in [0.15, 0.2) is 0 Å². The molecule has 1 saturated heterocycles. The summed E-state index contributed by atoms with van der Waals surface area (Å²) >= 11 is 0. The Hall–Kier alpha value is -1.55. The highest BCUT2D eigenvalue weighted by Crippen LogP contribution is 2.18. The number of carbonyl (C=O) groups excluding carboxylic acids is 1. The molecule has 4 heteroatoms. The summed E-state index contributed by atoms with van der Waals surface area (Å²) in [4.78, 5) is 14.3. The summed E-state index contributed by atoms with van der Waals surface area (Å²) in [5.41, 5.74) is 1.68. The number of hydrogen-bond donors (Lipinski definition) is 1. The average Bonchev–Trinajstić information content (AvgIpc) is 2.45. The van der Waals surface area contributed by atoms with Crippen molar-refractivity contribution in [2.75, 3.05) is 38.2 Å². The zero-order chi connectivity index (χ0) is 12.8. The molecule has 0 atom stereocenters. The summed E-state index contributed by atoms with van der Waals surface area (Å²) in [6.07, 6.45) is 1.04. The van der Waals surface area contributed by atoms with E-state index >= 15 is 0 Å². The van der Waals surface area contributed by atoms with Crippen molar-refractivity contribution in [3.05, 3.63) is 29.8 Å². The molecule has 1 aromatic carbocycles. The third-order valence-electron chi connectivity index (χ3n) is 3.02. The lowest BCUT2D eigenvalue weighted by molar-refractivity contribution is 0.0303. The van der Waals surface area contributed by atoms with Crippen molar-refractivity contribution in [2.45, 2.75) is 13.3 Å². The van der Waals surface area contributed by atoms with E-state index in [2.05, 4.69) is 12.2 Å². The number of rotatable bonds is 4. The smallest absolute Gasteiger partial charge is 0.256 e. The summed E-state index contributed by atoms with van der Waals surface area (Å²) in [6, 6.07) is 7.71. The second-order valence-electron chi connectivity index (χ2n) is 4.38. The summed E-state index contributed by atoms with van der Waals surface area (Å²) in [6.45, 7) is 5.63. The lowest BCUT2D eigenvalue weighted by Crippen LogP contribution is -2.40. The van der Waals surface area contributed by atoms with E-state index < -0.39 is 0 Å². The first-order valence-corrected chi connectivity index (χ1v) is 6.53. The van der Waals surface area contributed by atoms with Crippen molar-refractivity contribution in [1.29, 1.82) is 0 Å². The topological polar surface area (TPSA) is 41.6 Å². The number of nitrogens with one attached hydrogen (secondary N) is 1. The van der Waals surface area contributed by atoms with Crippen LogP contribution in [0.1, 0.15) is 23.7 Å². The number of morpholine rings is 1. The third-order valence-corrected chi connectivity index (χ3v) is 3.02. The van der Waals surface area contributed by atoms with Crippen LogP contribution in [-0.4, -0.2) is 43.7 Å². The number of anilines is 1. The van der Waals surface area contributed by atoms with Crippen molar-refractivity contribution in [3.8, 4) is 0 Å². The van der Waals surface area contributed by atoms with Crippen LogP contribution in [0, 0.1) is 0 Å². The molecule has 18 heavy (non-hydrogen) atoms. The van der Waals surface area contributed by atoms with E-state index in [-0.39, 0.29) is 5.91 Å². The van der Waals surface area contributed by atoms with Crippen molar-refractivity contribution in [3.63, 3.8) is 0 Å². The molecule has 0 bridgehead atoms. The minimum atomic E-state index is 0.0949. The van der Waals surface area contributed by atoms with E-state index in [1.165, 1.54) is 0 Å². The predicted molar refractivity (Wildman–Crippen MR) is 71.9 cm³/mol. The highest BCUT2D eigenvalue weighted by atomic mass is 16.5. The van der Waals surface area contributed by atoms with Crippen LogP contribution >= 0.6 is 0 Å². The molecule has 1 heterocycles. The molecule has 0 unspecified atom stereocenters. The number of hydrogen-bond acceptors (Lipinski definition) is 3. The second-order valence-corrected chi connectivity index (χ2v) is 4.38. The van der Waals surface area contributed by atoms with Gasteiger partial charge >= 0.3 is 0 Å². The molecule has 0 spiro atoms. The van der Waals surface area contributed by atoms with Crippen LogP contribution < -0.4 is 5.32 Å². The first kappa shape index (κ1) is 12.9. The first-order valence-electron chi connectivity index (χ1n) is 6.53. The monoisotopic (exact) mass is 248 g/mol. The standard InChI is InChI=1S/C14H20N2O2/c1-2-7-15-13-6-4-3-5-12(13)14(17)16-8-10-18-11-9-16/h3-6,15H,2,7-11H2,1H3. The van der Waals surface area contributed by atoms with Gasteiger partial charge in [-0.15, -0.1) is 0 Å². The lowest BCUT2D eigenvalue weighted by Gasteiger charge is -2.27. The van der Waals surface area contributed by atoms with Gasteiger partial charge in [-0.3, -0.25) is 4.79 Å². The van der Waals surface area contributed by atoms with Crippen molar-refractivity contribution in [1.82, 2.24) is 4.90 Å². The summed E-state index contributed by atoms with van der Waals surface area (Å²) in [7, 11) is 0. The maximum atomic E-state index is 12.4. The van der Waals surface area contributed by atoms with Gasteiger partial charge in [-0.05, 0) is 18.6 Å². The molecule has 1 amide bonds. The van der Waals surface area contributed by atoms with Gasteiger partial charge < -0.3 is 15.0 Å². The maximum absolute atomic E-state index is 12.4. The Morgan fingerprint density at radius 1 is 1.33 bits per heavy atom. The molecule has 1 fully saturated rings. The van der Waals surface area contributed by atoms with Gasteiger partial charge in [0.2, 0.25) is 0 Å². The van der Waals surface area contributed by atoms with Gasteiger partial charge in [-0.25, -0.2) is 0 Å². The molecular formula is C14H20N2O2. The van der Waals surface area contributed by atoms with Gasteiger partial charge in [0.25, 0.3) is 5.91 Å². The van der Waals surface area contributed by atoms with E-state index in [0.717, 1.165) is 24.2 Å². The molecule has 0 aromatic heterocycles. The Morgan fingerprint density at radius 2 is 2.06 bits per heavy atom. The number of benzene rings is 1. The predicted octanol–water partition coefficient (Wildman–Crippen LogP) is 1.98. The van der Waals surface area contributed by atoms with E-state index in [1.54, 1.807) is 0 Å². The number of para-hydroxylation sites is 1. The molecule has 4 nitrogen and oxygen atoms in total. The highest BCUT2D eigenvalue weighted by molar-refractivity contribution is 5.99. The van der Waals surface area contributed by atoms with Crippen LogP contribution in [0.5, 0.6) is 0 Å². The van der Waals surface area contributed by atoms with Crippen LogP contribution in [0.4, 0.5) is 5.69 Å². The largest absolute Gasteiger partial charge is 0.384 e. The van der Waals surface area contributed by atoms with Crippen molar-refractivity contribution in [2.24, 2.45) is 0 Å². The van der Waals surface area contributed by atoms with E-state index in [9.17, 15) is 4.79 Å². The van der Waals surface area contributed by atoms with E-state index in [1.807, 2.05) is 29.2 Å². The second kappa shape index (κ2) is 6.40. The number of nitrogens with zero attached hydrogens (tertiary/aromatic N) is 1.